The quantitative estimate of drug-likeness (QED) is 0.413. The molecule has 0 aromatic rings. The lowest BCUT2D eigenvalue weighted by Crippen LogP contribution is -2.37. The number of ether oxygens (including phenoxy) is 1. The Bertz CT molecular complexity index is 556. The highest BCUT2D eigenvalue weighted by atomic mass is 16.6. The molecule has 132 valence electrons. The van der Waals surface area contributed by atoms with E-state index in [1.807, 2.05) is 0 Å². The average Bonchev–Trinajstić information content (AvgIpc) is 3.30. The van der Waals surface area contributed by atoms with Gasteiger partial charge in [0.05, 0.1) is 0 Å². The van der Waals surface area contributed by atoms with Crippen LogP contribution in [-0.4, -0.2) is 11.6 Å². The summed E-state index contributed by atoms with van der Waals surface area (Å²) in [6, 6.07) is 0. The van der Waals surface area contributed by atoms with Crippen molar-refractivity contribution in [2.45, 2.75) is 70.8 Å². The van der Waals surface area contributed by atoms with Crippen LogP contribution in [0.4, 0.5) is 0 Å². The van der Waals surface area contributed by atoms with E-state index in [9.17, 15) is 4.79 Å². The Morgan fingerprint density at radius 3 is 2.50 bits per heavy atom. The Labute approximate surface area is 146 Å². The summed E-state index contributed by atoms with van der Waals surface area (Å²) < 4.78 is 6.01. The molecule has 0 aromatic heterocycles. The summed E-state index contributed by atoms with van der Waals surface area (Å²) in [7, 11) is 0. The fourth-order valence-electron chi connectivity index (χ4n) is 7.64. The van der Waals surface area contributed by atoms with Gasteiger partial charge in [-0.3, -0.25) is 4.79 Å². The number of esters is 1. The van der Waals surface area contributed by atoms with Gasteiger partial charge in [0.15, 0.2) is 0 Å². The zero-order valence-corrected chi connectivity index (χ0v) is 15.2. The largest absolute Gasteiger partial charge is 0.459 e. The molecule has 2 heteroatoms. The number of rotatable bonds is 4. The van der Waals surface area contributed by atoms with Crippen molar-refractivity contribution < 1.29 is 9.53 Å². The van der Waals surface area contributed by atoms with Crippen molar-refractivity contribution in [3.05, 3.63) is 12.2 Å². The summed E-state index contributed by atoms with van der Waals surface area (Å²) >= 11 is 0. The van der Waals surface area contributed by atoms with Gasteiger partial charge >= 0.3 is 5.97 Å². The first-order chi connectivity index (χ1) is 11.5. The van der Waals surface area contributed by atoms with Gasteiger partial charge in [-0.15, -0.1) is 0 Å². The van der Waals surface area contributed by atoms with Crippen LogP contribution in [0, 0.1) is 47.3 Å². The zero-order valence-electron chi connectivity index (χ0n) is 15.2. The molecule has 0 N–H and O–H groups in total. The van der Waals surface area contributed by atoms with Gasteiger partial charge in [0, 0.05) is 6.42 Å². The fraction of sp³-hybridized carbons (Fsp3) is 0.864. The van der Waals surface area contributed by atoms with Crippen molar-refractivity contribution in [3.63, 3.8) is 0 Å². The Morgan fingerprint density at radius 2 is 1.75 bits per heavy atom. The second-order valence-corrected chi connectivity index (χ2v) is 10.0. The molecule has 5 rings (SSSR count). The van der Waals surface area contributed by atoms with Crippen molar-refractivity contribution in [2.75, 3.05) is 0 Å². The number of allylic oxidation sites excluding steroid dienone is 2. The molecule has 0 amide bonds. The molecule has 0 radical (unpaired) electrons. The molecule has 4 bridgehead atoms. The third kappa shape index (κ3) is 2.24. The molecule has 5 aliphatic carbocycles. The van der Waals surface area contributed by atoms with Crippen LogP contribution in [0.15, 0.2) is 12.2 Å². The lowest BCUT2D eigenvalue weighted by Gasteiger charge is -2.37. The third-order valence-corrected chi connectivity index (χ3v) is 8.55. The number of carbonyl (C=O) groups is 1. The normalized spacial score (nSPS) is 46.0. The second kappa shape index (κ2) is 5.35. The van der Waals surface area contributed by atoms with E-state index in [2.05, 4.69) is 26.0 Å². The van der Waals surface area contributed by atoms with Crippen LogP contribution in [0.2, 0.25) is 0 Å². The minimum Gasteiger partial charge on any atom is -0.459 e. The highest BCUT2D eigenvalue weighted by Crippen LogP contribution is 2.67. The predicted molar refractivity (Wildman–Crippen MR) is 94.2 cm³/mol. The van der Waals surface area contributed by atoms with E-state index in [0.717, 1.165) is 35.5 Å². The number of fused-ring (bicyclic) bond motifs is 9. The molecule has 5 aliphatic rings. The lowest BCUT2D eigenvalue weighted by atomic mass is 9.69. The summed E-state index contributed by atoms with van der Waals surface area (Å²) in [5.74, 6) is 6.55. The number of carbonyl (C=O) groups excluding carboxylic acids is 1. The van der Waals surface area contributed by atoms with E-state index in [-0.39, 0.29) is 11.6 Å². The topological polar surface area (TPSA) is 26.3 Å². The van der Waals surface area contributed by atoms with Gasteiger partial charge in [-0.1, -0.05) is 25.0 Å². The SMILES string of the molecule is CC(C)(OC(=O)CC1CC2CC1C1C3C=CC(C3)C21)C1CCCC1. The molecule has 2 nitrogen and oxygen atoms in total. The van der Waals surface area contributed by atoms with E-state index < -0.39 is 0 Å². The number of hydrogen-bond acceptors (Lipinski definition) is 2. The van der Waals surface area contributed by atoms with E-state index in [1.54, 1.807) is 0 Å². The van der Waals surface area contributed by atoms with Crippen LogP contribution in [-0.2, 0) is 9.53 Å². The summed E-state index contributed by atoms with van der Waals surface area (Å²) in [6.07, 6.45) is 14.8. The van der Waals surface area contributed by atoms with Crippen molar-refractivity contribution >= 4 is 5.97 Å². The van der Waals surface area contributed by atoms with Crippen molar-refractivity contribution in [2.24, 2.45) is 47.3 Å². The number of hydrogen-bond donors (Lipinski definition) is 0. The highest BCUT2D eigenvalue weighted by molar-refractivity contribution is 5.70. The Morgan fingerprint density at radius 1 is 1.04 bits per heavy atom. The van der Waals surface area contributed by atoms with Gasteiger partial charge in [0.2, 0.25) is 0 Å². The van der Waals surface area contributed by atoms with Gasteiger partial charge in [-0.2, -0.15) is 0 Å². The summed E-state index contributed by atoms with van der Waals surface area (Å²) in [6.45, 7) is 4.27. The monoisotopic (exact) mass is 328 g/mol. The minimum atomic E-state index is -0.261. The summed E-state index contributed by atoms with van der Waals surface area (Å²) in [5.41, 5.74) is -0.261. The molecule has 4 fully saturated rings. The first kappa shape index (κ1) is 15.5. The first-order valence-corrected chi connectivity index (χ1v) is 10.4. The molecule has 0 aliphatic heterocycles. The average molecular weight is 328 g/mol. The van der Waals surface area contributed by atoms with E-state index >= 15 is 0 Å². The van der Waals surface area contributed by atoms with Crippen molar-refractivity contribution in [3.8, 4) is 0 Å². The lowest BCUT2D eigenvalue weighted by molar-refractivity contribution is -0.163. The summed E-state index contributed by atoms with van der Waals surface area (Å²) in [4.78, 5) is 12.7. The third-order valence-electron chi connectivity index (χ3n) is 8.55. The van der Waals surface area contributed by atoms with Crippen LogP contribution < -0.4 is 0 Å². The van der Waals surface area contributed by atoms with Gasteiger partial charge in [0.1, 0.15) is 5.60 Å². The van der Waals surface area contributed by atoms with Crippen LogP contribution >= 0.6 is 0 Å². The fourth-order valence-corrected chi connectivity index (χ4v) is 7.64. The maximum atomic E-state index is 12.7. The maximum Gasteiger partial charge on any atom is 0.306 e. The molecule has 0 heterocycles. The molecule has 24 heavy (non-hydrogen) atoms. The Hall–Kier alpha value is -0.790. The van der Waals surface area contributed by atoms with E-state index in [4.69, 9.17) is 4.74 Å². The van der Waals surface area contributed by atoms with Gasteiger partial charge in [-0.25, -0.2) is 0 Å². The molecule has 7 unspecified atom stereocenters. The smallest absolute Gasteiger partial charge is 0.306 e. The van der Waals surface area contributed by atoms with Crippen LogP contribution in [0.3, 0.4) is 0 Å². The highest BCUT2D eigenvalue weighted by Gasteiger charge is 2.61. The van der Waals surface area contributed by atoms with Crippen molar-refractivity contribution in [1.82, 2.24) is 0 Å². The maximum absolute atomic E-state index is 12.7. The molecule has 0 aromatic carbocycles. The Kier molecular flexibility index (Phi) is 3.45. The van der Waals surface area contributed by atoms with E-state index in [1.165, 1.54) is 44.9 Å². The van der Waals surface area contributed by atoms with Gasteiger partial charge < -0.3 is 4.74 Å². The van der Waals surface area contributed by atoms with Gasteiger partial charge in [-0.05, 0) is 93.3 Å². The zero-order chi connectivity index (χ0) is 16.5. The molecule has 4 saturated carbocycles. The van der Waals surface area contributed by atoms with Crippen molar-refractivity contribution in [1.29, 1.82) is 0 Å². The second-order valence-electron chi connectivity index (χ2n) is 10.0. The first-order valence-electron chi connectivity index (χ1n) is 10.4. The molecule has 0 spiro atoms. The van der Waals surface area contributed by atoms with E-state index in [0.29, 0.717) is 18.3 Å². The van der Waals surface area contributed by atoms with Gasteiger partial charge in [0.25, 0.3) is 0 Å². The summed E-state index contributed by atoms with van der Waals surface area (Å²) in [5, 5.41) is 0. The standard InChI is InChI=1S/C22H32O2/c1-22(2,17-5-3-4-6-17)24-19(23)12-15-10-16-11-18(15)21-14-8-7-13(9-14)20(16)21/h7-8,13-18,20-21H,3-6,9-12H2,1-2H3. The molecule has 7 atom stereocenters. The van der Waals surface area contributed by atoms with Crippen LogP contribution in [0.1, 0.15) is 65.2 Å². The van der Waals surface area contributed by atoms with Crippen LogP contribution in [0.25, 0.3) is 0 Å². The molecular formula is C22H32O2. The van der Waals surface area contributed by atoms with Crippen LogP contribution in [0.5, 0.6) is 0 Å². The minimum absolute atomic E-state index is 0.0831. The molecular weight excluding hydrogens is 296 g/mol. The Balaban J connectivity index is 1.22. The molecule has 0 saturated heterocycles. The predicted octanol–water partition coefficient (Wildman–Crippen LogP) is 4.98.